The summed E-state index contributed by atoms with van der Waals surface area (Å²) in [4.78, 5) is 2.33. The average molecular weight is 368 g/mol. The minimum absolute atomic E-state index is 0.124. The molecule has 140 valence electrons. The lowest BCUT2D eigenvalue weighted by atomic mass is 9.85. The number of anilines is 1. The molecule has 0 N–H and O–H groups in total. The highest BCUT2D eigenvalue weighted by Gasteiger charge is 2.20. The highest BCUT2D eigenvalue weighted by atomic mass is 15.1. The molecule has 1 aliphatic heterocycles. The lowest BCUT2D eigenvalue weighted by molar-refractivity contribution is -0.595. The Hall–Kier alpha value is -3.13. The second-order valence-electron chi connectivity index (χ2n) is 8.22. The standard InChI is InChI=1S/C26H27N2/c1-26(2,3)24-11-7-8-12-25(24)28-19-15-22(16-20-28)21-13-17-27(18-14-21)23-9-5-4-6-10-23/h4-19H,20H2,1-3H3/q+1. The number of para-hydroxylation sites is 2. The molecular formula is C26H27N2+. The van der Waals surface area contributed by atoms with E-state index in [4.69, 9.17) is 0 Å². The van der Waals surface area contributed by atoms with Gasteiger partial charge in [0, 0.05) is 42.7 Å². The van der Waals surface area contributed by atoms with Crippen LogP contribution in [0.1, 0.15) is 31.9 Å². The maximum Gasteiger partial charge on any atom is 0.210 e. The predicted molar refractivity (Wildman–Crippen MR) is 118 cm³/mol. The zero-order valence-corrected chi connectivity index (χ0v) is 16.8. The molecule has 0 unspecified atom stereocenters. The summed E-state index contributed by atoms with van der Waals surface area (Å²) in [6.07, 6.45) is 11.0. The van der Waals surface area contributed by atoms with Crippen molar-refractivity contribution in [3.8, 4) is 5.69 Å². The van der Waals surface area contributed by atoms with Crippen LogP contribution in [-0.4, -0.2) is 6.54 Å². The monoisotopic (exact) mass is 367 g/mol. The van der Waals surface area contributed by atoms with Gasteiger partial charge in [-0.3, -0.25) is 0 Å². The maximum absolute atomic E-state index is 2.33. The van der Waals surface area contributed by atoms with E-state index in [2.05, 4.69) is 122 Å². The van der Waals surface area contributed by atoms with Gasteiger partial charge in [-0.15, -0.1) is 0 Å². The lowest BCUT2D eigenvalue weighted by Gasteiger charge is -2.30. The molecule has 2 heteroatoms. The molecule has 0 saturated heterocycles. The molecule has 0 fully saturated rings. The number of benzene rings is 2. The van der Waals surface area contributed by atoms with E-state index >= 15 is 0 Å². The molecule has 0 bridgehead atoms. The molecular weight excluding hydrogens is 340 g/mol. The van der Waals surface area contributed by atoms with Gasteiger partial charge >= 0.3 is 0 Å². The van der Waals surface area contributed by atoms with Gasteiger partial charge in [0.1, 0.15) is 0 Å². The number of nitrogens with zero attached hydrogens (tertiary/aromatic N) is 2. The largest absolute Gasteiger partial charge is 0.344 e. The Kier molecular flexibility index (Phi) is 4.87. The lowest BCUT2D eigenvalue weighted by Crippen LogP contribution is -2.29. The average Bonchev–Trinajstić information content (AvgIpc) is 2.74. The first-order valence-corrected chi connectivity index (χ1v) is 9.84. The van der Waals surface area contributed by atoms with Crippen LogP contribution >= 0.6 is 0 Å². The van der Waals surface area contributed by atoms with Crippen molar-refractivity contribution >= 4 is 11.3 Å². The first kappa shape index (κ1) is 18.2. The SMILES string of the molecule is CC(C)(C)c1ccccc1N1C=CC(c2cc[n+](-c3ccccc3)cc2)=CC1. The Morgan fingerprint density at radius 1 is 0.821 bits per heavy atom. The van der Waals surface area contributed by atoms with E-state index in [9.17, 15) is 0 Å². The van der Waals surface area contributed by atoms with E-state index in [1.54, 1.807) is 0 Å². The van der Waals surface area contributed by atoms with Crippen molar-refractivity contribution in [2.45, 2.75) is 26.2 Å². The van der Waals surface area contributed by atoms with E-state index < -0.39 is 0 Å². The normalized spacial score (nSPS) is 14.1. The predicted octanol–water partition coefficient (Wildman–Crippen LogP) is 5.68. The molecule has 0 aliphatic carbocycles. The van der Waals surface area contributed by atoms with E-state index in [1.807, 2.05) is 6.07 Å². The van der Waals surface area contributed by atoms with Crippen LogP contribution in [-0.2, 0) is 5.41 Å². The molecule has 28 heavy (non-hydrogen) atoms. The first-order chi connectivity index (χ1) is 13.5. The Balaban J connectivity index is 1.54. The van der Waals surface area contributed by atoms with Crippen LogP contribution in [0.4, 0.5) is 5.69 Å². The summed E-state index contributed by atoms with van der Waals surface area (Å²) in [7, 11) is 0. The Labute approximate surface area is 168 Å². The van der Waals surface area contributed by atoms with Crippen molar-refractivity contribution in [2.24, 2.45) is 0 Å². The van der Waals surface area contributed by atoms with Gasteiger partial charge in [0.25, 0.3) is 0 Å². The molecule has 3 aromatic rings. The third-order valence-electron chi connectivity index (χ3n) is 5.18. The second kappa shape index (κ2) is 7.47. The van der Waals surface area contributed by atoms with Crippen LogP contribution in [0.5, 0.6) is 0 Å². The summed E-state index contributed by atoms with van der Waals surface area (Å²) in [5, 5.41) is 0. The Morgan fingerprint density at radius 3 is 2.14 bits per heavy atom. The van der Waals surface area contributed by atoms with Crippen LogP contribution in [0.15, 0.2) is 97.5 Å². The van der Waals surface area contributed by atoms with Gasteiger partial charge in [-0.2, -0.15) is 4.57 Å². The van der Waals surface area contributed by atoms with Gasteiger partial charge in [-0.1, -0.05) is 63.2 Å². The fraction of sp³-hybridized carbons (Fsp3) is 0.192. The summed E-state index contributed by atoms with van der Waals surface area (Å²) in [6, 6.07) is 23.5. The van der Waals surface area contributed by atoms with E-state index in [0.717, 1.165) is 6.54 Å². The highest BCUT2D eigenvalue weighted by molar-refractivity contribution is 5.77. The molecule has 0 amide bonds. The van der Waals surface area contributed by atoms with Gasteiger partial charge < -0.3 is 4.90 Å². The fourth-order valence-corrected chi connectivity index (χ4v) is 3.64. The van der Waals surface area contributed by atoms with Crippen molar-refractivity contribution < 1.29 is 4.57 Å². The summed E-state index contributed by atoms with van der Waals surface area (Å²) in [5.41, 5.74) is 6.47. The molecule has 2 aromatic carbocycles. The summed E-state index contributed by atoms with van der Waals surface area (Å²) >= 11 is 0. The number of allylic oxidation sites excluding steroid dienone is 2. The van der Waals surface area contributed by atoms with Gasteiger partial charge in [0.05, 0.1) is 0 Å². The number of aromatic nitrogens is 1. The van der Waals surface area contributed by atoms with Crippen LogP contribution < -0.4 is 9.47 Å². The molecule has 0 atom stereocenters. The van der Waals surface area contributed by atoms with Crippen LogP contribution in [0.3, 0.4) is 0 Å². The number of pyridine rings is 1. The first-order valence-electron chi connectivity index (χ1n) is 9.84. The van der Waals surface area contributed by atoms with E-state index in [1.165, 1.54) is 28.1 Å². The van der Waals surface area contributed by atoms with Crippen LogP contribution in [0, 0.1) is 0 Å². The van der Waals surface area contributed by atoms with Gasteiger partial charge in [-0.05, 0) is 34.3 Å². The van der Waals surface area contributed by atoms with E-state index in [0.29, 0.717) is 0 Å². The van der Waals surface area contributed by atoms with Crippen molar-refractivity contribution in [3.05, 3.63) is 109 Å². The third kappa shape index (κ3) is 3.77. The molecule has 2 heterocycles. The van der Waals surface area contributed by atoms with Crippen LogP contribution in [0.2, 0.25) is 0 Å². The smallest absolute Gasteiger partial charge is 0.210 e. The zero-order chi connectivity index (χ0) is 19.6. The zero-order valence-electron chi connectivity index (χ0n) is 16.8. The van der Waals surface area contributed by atoms with Crippen molar-refractivity contribution in [3.63, 3.8) is 0 Å². The minimum atomic E-state index is 0.124. The third-order valence-corrected chi connectivity index (χ3v) is 5.18. The van der Waals surface area contributed by atoms with Crippen molar-refractivity contribution in [1.29, 1.82) is 0 Å². The molecule has 1 aromatic heterocycles. The van der Waals surface area contributed by atoms with Crippen molar-refractivity contribution in [2.75, 3.05) is 11.4 Å². The summed E-state index contributed by atoms with van der Waals surface area (Å²) in [5.74, 6) is 0. The molecule has 2 nitrogen and oxygen atoms in total. The molecule has 4 rings (SSSR count). The maximum atomic E-state index is 2.33. The summed E-state index contributed by atoms with van der Waals surface area (Å²) in [6.45, 7) is 7.69. The Morgan fingerprint density at radius 2 is 1.50 bits per heavy atom. The van der Waals surface area contributed by atoms with Gasteiger partial charge in [0.2, 0.25) is 5.69 Å². The molecule has 0 saturated carbocycles. The topological polar surface area (TPSA) is 7.12 Å². The highest BCUT2D eigenvalue weighted by Crippen LogP contribution is 2.33. The number of hydrogen-bond acceptors (Lipinski definition) is 1. The number of hydrogen-bond donors (Lipinski definition) is 0. The molecule has 0 radical (unpaired) electrons. The number of rotatable bonds is 3. The van der Waals surface area contributed by atoms with Gasteiger partial charge in [-0.25, -0.2) is 0 Å². The van der Waals surface area contributed by atoms with Crippen LogP contribution in [0.25, 0.3) is 11.3 Å². The van der Waals surface area contributed by atoms with E-state index in [-0.39, 0.29) is 5.41 Å². The molecule has 1 aliphatic rings. The fourth-order valence-electron chi connectivity index (χ4n) is 3.64. The Bertz CT molecular complexity index is 1010. The van der Waals surface area contributed by atoms with Crippen molar-refractivity contribution in [1.82, 2.24) is 0 Å². The molecule has 0 spiro atoms. The van der Waals surface area contributed by atoms with Gasteiger partial charge in [0.15, 0.2) is 12.4 Å². The quantitative estimate of drug-likeness (QED) is 0.540. The summed E-state index contributed by atoms with van der Waals surface area (Å²) < 4.78 is 2.14. The minimum Gasteiger partial charge on any atom is -0.344 e. The second-order valence-corrected chi connectivity index (χ2v) is 8.22.